The van der Waals surface area contributed by atoms with Gasteiger partial charge in [0.1, 0.15) is 17.0 Å². The fraction of sp³-hybridized carbons (Fsp3) is 0.471. The van der Waals surface area contributed by atoms with Crippen molar-refractivity contribution in [3.63, 3.8) is 0 Å². The average Bonchev–Trinajstić information content (AvgIpc) is 2.98. The smallest absolute Gasteiger partial charge is 0.148 e. The molecule has 1 aliphatic carbocycles. The minimum atomic E-state index is 0.776. The highest BCUT2D eigenvalue weighted by Crippen LogP contribution is 2.39. The molecule has 0 spiro atoms. The quantitative estimate of drug-likeness (QED) is 0.912. The molecule has 2 aromatic rings. The number of fused-ring (bicyclic) bond motifs is 2. The first kappa shape index (κ1) is 14.0. The Hall–Kier alpha value is -1.97. The summed E-state index contributed by atoms with van der Waals surface area (Å²) in [5, 5.41) is 4.69. The Balaban J connectivity index is 2.28. The van der Waals surface area contributed by atoms with Gasteiger partial charge in [-0.05, 0) is 37.3 Å². The van der Waals surface area contributed by atoms with E-state index >= 15 is 0 Å². The molecule has 4 heteroatoms. The number of pyridine rings is 1. The number of hydrogen-bond acceptors (Lipinski definition) is 4. The van der Waals surface area contributed by atoms with E-state index in [1.165, 1.54) is 23.4 Å². The molecule has 0 atom stereocenters. The van der Waals surface area contributed by atoms with Gasteiger partial charge in [-0.25, -0.2) is 4.98 Å². The lowest BCUT2D eigenvalue weighted by molar-refractivity contribution is 0.397. The molecule has 1 aromatic carbocycles. The Bertz CT molecular complexity index is 668. The van der Waals surface area contributed by atoms with Crippen molar-refractivity contribution in [1.29, 1.82) is 0 Å². The lowest BCUT2D eigenvalue weighted by Gasteiger charge is -2.16. The van der Waals surface area contributed by atoms with Crippen LogP contribution in [0.25, 0.3) is 10.9 Å². The van der Waals surface area contributed by atoms with Crippen LogP contribution in [0.4, 0.5) is 5.69 Å². The first-order chi connectivity index (χ1) is 10.3. The highest BCUT2D eigenvalue weighted by atomic mass is 16.5. The average molecular weight is 286 g/mol. The van der Waals surface area contributed by atoms with E-state index in [9.17, 15) is 0 Å². The molecule has 1 heterocycles. The van der Waals surface area contributed by atoms with Crippen LogP contribution >= 0.6 is 0 Å². The van der Waals surface area contributed by atoms with E-state index in [1.54, 1.807) is 14.2 Å². The predicted octanol–water partition coefficient (Wildman–Crippen LogP) is 3.56. The molecule has 4 nitrogen and oxygen atoms in total. The number of aromatic nitrogens is 1. The number of methoxy groups -OCH3 is 2. The molecule has 1 aliphatic rings. The lowest BCUT2D eigenvalue weighted by atomic mass is 10.1. The van der Waals surface area contributed by atoms with Crippen LogP contribution in [-0.4, -0.2) is 25.7 Å². The second kappa shape index (κ2) is 5.80. The minimum absolute atomic E-state index is 0.776. The minimum Gasteiger partial charge on any atom is -0.497 e. The number of anilines is 1. The molecule has 0 saturated heterocycles. The first-order valence-corrected chi connectivity index (χ1v) is 7.59. The SMILES string of the molecule is CCCNc1c2c(nc3c(OC)cc(OC)cc13)CCC2. The van der Waals surface area contributed by atoms with Crippen molar-refractivity contribution in [3.8, 4) is 11.5 Å². The Labute approximate surface area is 125 Å². The zero-order chi connectivity index (χ0) is 14.8. The maximum atomic E-state index is 5.52. The molecule has 3 rings (SSSR count). The number of aryl methyl sites for hydroxylation is 1. The highest BCUT2D eigenvalue weighted by Gasteiger charge is 2.21. The van der Waals surface area contributed by atoms with Gasteiger partial charge in [-0.3, -0.25) is 0 Å². The third kappa shape index (κ3) is 2.39. The van der Waals surface area contributed by atoms with E-state index in [1.807, 2.05) is 6.07 Å². The van der Waals surface area contributed by atoms with Gasteiger partial charge in [0.05, 0.1) is 14.2 Å². The summed E-state index contributed by atoms with van der Waals surface area (Å²) in [6.45, 7) is 3.14. The van der Waals surface area contributed by atoms with Gasteiger partial charge >= 0.3 is 0 Å². The molecule has 112 valence electrons. The van der Waals surface area contributed by atoms with Gasteiger partial charge in [0, 0.05) is 29.4 Å². The van der Waals surface area contributed by atoms with E-state index in [0.29, 0.717) is 0 Å². The predicted molar refractivity (Wildman–Crippen MR) is 85.7 cm³/mol. The topological polar surface area (TPSA) is 43.4 Å². The van der Waals surface area contributed by atoms with Crippen molar-refractivity contribution in [1.82, 2.24) is 4.98 Å². The maximum absolute atomic E-state index is 5.52. The number of nitrogens with zero attached hydrogens (tertiary/aromatic N) is 1. The molecule has 0 bridgehead atoms. The second-order valence-corrected chi connectivity index (χ2v) is 5.42. The first-order valence-electron chi connectivity index (χ1n) is 7.59. The third-order valence-corrected chi connectivity index (χ3v) is 4.06. The number of ether oxygens (including phenoxy) is 2. The standard InChI is InChI=1S/C17H22N2O2/c1-4-8-18-16-12-6-5-7-14(12)19-17-13(16)9-11(20-2)10-15(17)21-3/h9-10H,4-8H2,1-3H3,(H,18,19). The molecule has 0 unspecified atom stereocenters. The van der Waals surface area contributed by atoms with Crippen molar-refractivity contribution in [2.24, 2.45) is 0 Å². The molecule has 0 amide bonds. The van der Waals surface area contributed by atoms with Crippen LogP contribution in [0.15, 0.2) is 12.1 Å². The van der Waals surface area contributed by atoms with Gasteiger partial charge in [0.2, 0.25) is 0 Å². The maximum Gasteiger partial charge on any atom is 0.148 e. The summed E-state index contributed by atoms with van der Waals surface area (Å²) in [6.07, 6.45) is 4.43. The van der Waals surface area contributed by atoms with Crippen LogP contribution in [0, 0.1) is 0 Å². The number of hydrogen-bond donors (Lipinski definition) is 1. The van der Waals surface area contributed by atoms with Crippen LogP contribution < -0.4 is 14.8 Å². The van der Waals surface area contributed by atoms with E-state index in [2.05, 4.69) is 18.3 Å². The van der Waals surface area contributed by atoms with Crippen molar-refractivity contribution < 1.29 is 9.47 Å². The van der Waals surface area contributed by atoms with Gasteiger partial charge in [-0.2, -0.15) is 0 Å². The number of nitrogens with one attached hydrogen (secondary N) is 1. The Morgan fingerprint density at radius 3 is 2.76 bits per heavy atom. The third-order valence-electron chi connectivity index (χ3n) is 4.06. The summed E-state index contributed by atoms with van der Waals surface area (Å²) in [7, 11) is 3.36. The summed E-state index contributed by atoms with van der Waals surface area (Å²) >= 11 is 0. The van der Waals surface area contributed by atoms with Crippen molar-refractivity contribution in [3.05, 3.63) is 23.4 Å². The van der Waals surface area contributed by atoms with E-state index < -0.39 is 0 Å². The van der Waals surface area contributed by atoms with Gasteiger partial charge in [0.15, 0.2) is 0 Å². The Morgan fingerprint density at radius 1 is 1.19 bits per heavy atom. The normalized spacial score (nSPS) is 13.3. The van der Waals surface area contributed by atoms with E-state index in [4.69, 9.17) is 14.5 Å². The molecular formula is C17H22N2O2. The van der Waals surface area contributed by atoms with Gasteiger partial charge in [-0.1, -0.05) is 6.92 Å². The molecule has 1 aromatic heterocycles. The lowest BCUT2D eigenvalue weighted by Crippen LogP contribution is -2.06. The fourth-order valence-electron chi connectivity index (χ4n) is 3.03. The van der Waals surface area contributed by atoms with Crippen LogP contribution in [0.5, 0.6) is 11.5 Å². The zero-order valence-electron chi connectivity index (χ0n) is 13.0. The summed E-state index contributed by atoms with van der Waals surface area (Å²) in [6, 6.07) is 3.96. The van der Waals surface area contributed by atoms with Crippen LogP contribution in [-0.2, 0) is 12.8 Å². The summed E-state index contributed by atoms with van der Waals surface area (Å²) in [5.74, 6) is 1.58. The van der Waals surface area contributed by atoms with Gasteiger partial charge in [-0.15, -0.1) is 0 Å². The summed E-state index contributed by atoms with van der Waals surface area (Å²) < 4.78 is 10.9. The van der Waals surface area contributed by atoms with Crippen LogP contribution in [0.3, 0.4) is 0 Å². The van der Waals surface area contributed by atoms with Gasteiger partial charge < -0.3 is 14.8 Å². The molecule has 0 aliphatic heterocycles. The summed E-state index contributed by atoms with van der Waals surface area (Å²) in [4.78, 5) is 4.85. The van der Waals surface area contributed by atoms with Crippen molar-refractivity contribution in [2.45, 2.75) is 32.6 Å². The Kier molecular flexibility index (Phi) is 3.86. The van der Waals surface area contributed by atoms with E-state index in [-0.39, 0.29) is 0 Å². The zero-order valence-corrected chi connectivity index (χ0v) is 13.0. The molecule has 21 heavy (non-hydrogen) atoms. The van der Waals surface area contributed by atoms with Crippen LogP contribution in [0.1, 0.15) is 31.0 Å². The van der Waals surface area contributed by atoms with Crippen molar-refractivity contribution >= 4 is 16.6 Å². The van der Waals surface area contributed by atoms with E-state index in [0.717, 1.165) is 48.2 Å². The van der Waals surface area contributed by atoms with Crippen LogP contribution in [0.2, 0.25) is 0 Å². The monoisotopic (exact) mass is 286 g/mol. The highest BCUT2D eigenvalue weighted by molar-refractivity contribution is 5.98. The molecular weight excluding hydrogens is 264 g/mol. The molecule has 0 radical (unpaired) electrons. The number of benzene rings is 1. The van der Waals surface area contributed by atoms with Gasteiger partial charge in [0.25, 0.3) is 0 Å². The molecule has 0 saturated carbocycles. The molecule has 1 N–H and O–H groups in total. The fourth-order valence-corrected chi connectivity index (χ4v) is 3.03. The second-order valence-electron chi connectivity index (χ2n) is 5.42. The van der Waals surface area contributed by atoms with Crippen molar-refractivity contribution in [2.75, 3.05) is 26.1 Å². The largest absolute Gasteiger partial charge is 0.497 e. The molecule has 0 fully saturated rings. The summed E-state index contributed by atoms with van der Waals surface area (Å²) in [5.41, 5.74) is 4.72. The number of rotatable bonds is 5. The Morgan fingerprint density at radius 2 is 2.05 bits per heavy atom.